The van der Waals surface area contributed by atoms with E-state index in [1.54, 1.807) is 18.7 Å². The van der Waals surface area contributed by atoms with Gasteiger partial charge in [0.1, 0.15) is 6.54 Å². The van der Waals surface area contributed by atoms with Crippen molar-refractivity contribution in [1.82, 2.24) is 4.90 Å². The van der Waals surface area contributed by atoms with E-state index in [4.69, 9.17) is 4.74 Å². The van der Waals surface area contributed by atoms with Gasteiger partial charge in [-0.2, -0.15) is 0 Å². The van der Waals surface area contributed by atoms with E-state index in [-0.39, 0.29) is 29.3 Å². The van der Waals surface area contributed by atoms with Crippen molar-refractivity contribution in [3.05, 3.63) is 0 Å². The lowest BCUT2D eigenvalue weighted by molar-refractivity contribution is -0.149. The summed E-state index contributed by atoms with van der Waals surface area (Å²) in [7, 11) is 0. The van der Waals surface area contributed by atoms with Gasteiger partial charge in [0.2, 0.25) is 5.91 Å². The van der Waals surface area contributed by atoms with E-state index in [9.17, 15) is 9.59 Å². The maximum Gasteiger partial charge on any atom is 0.325 e. The van der Waals surface area contributed by atoms with Crippen LogP contribution in [0.4, 0.5) is 0 Å². The van der Waals surface area contributed by atoms with Crippen molar-refractivity contribution in [3.63, 3.8) is 0 Å². The minimum Gasteiger partial charge on any atom is -0.465 e. The van der Waals surface area contributed by atoms with Crippen LogP contribution in [0.1, 0.15) is 26.7 Å². The van der Waals surface area contributed by atoms with Gasteiger partial charge in [-0.25, -0.2) is 0 Å². The van der Waals surface area contributed by atoms with Gasteiger partial charge in [0, 0.05) is 6.04 Å². The Morgan fingerprint density at radius 2 is 2.13 bits per heavy atom. The molecule has 86 valence electrons. The Morgan fingerprint density at radius 1 is 1.53 bits per heavy atom. The maximum atomic E-state index is 11.7. The fraction of sp³-hybridized carbons (Fsp3) is 0.800. The topological polar surface area (TPSA) is 46.6 Å². The number of ether oxygens (including phenoxy) is 1. The summed E-state index contributed by atoms with van der Waals surface area (Å²) in [6.07, 6.45) is 1.98. The fourth-order valence-corrected chi connectivity index (χ4v) is 1.61. The summed E-state index contributed by atoms with van der Waals surface area (Å²) in [6.45, 7) is 3.96. The van der Waals surface area contributed by atoms with Crippen LogP contribution in [0.5, 0.6) is 0 Å². The summed E-state index contributed by atoms with van der Waals surface area (Å²) in [5, 5.41) is 0. The SMILES string of the molecule is CCOC(=O)CN(C(=O)C(C)Br)C1CC1. The van der Waals surface area contributed by atoms with Gasteiger partial charge < -0.3 is 9.64 Å². The number of carbonyl (C=O) groups is 2. The molecule has 1 atom stereocenters. The number of alkyl halides is 1. The van der Waals surface area contributed by atoms with E-state index in [1.165, 1.54) is 0 Å². The molecule has 1 aliphatic rings. The third-order valence-corrected chi connectivity index (χ3v) is 2.61. The van der Waals surface area contributed by atoms with Crippen molar-refractivity contribution in [2.75, 3.05) is 13.2 Å². The lowest BCUT2D eigenvalue weighted by Gasteiger charge is -2.22. The Balaban J connectivity index is 2.51. The predicted molar refractivity (Wildman–Crippen MR) is 59.8 cm³/mol. The molecule has 1 rings (SSSR count). The highest BCUT2D eigenvalue weighted by Gasteiger charge is 2.35. The van der Waals surface area contributed by atoms with E-state index in [0.29, 0.717) is 6.61 Å². The second-order valence-corrected chi connectivity index (χ2v) is 4.99. The number of hydrogen-bond acceptors (Lipinski definition) is 3. The first-order valence-corrected chi connectivity index (χ1v) is 6.08. The molecule has 1 unspecified atom stereocenters. The molecule has 0 aromatic rings. The zero-order chi connectivity index (χ0) is 11.4. The number of nitrogens with zero attached hydrogens (tertiary/aromatic N) is 1. The first-order chi connectivity index (χ1) is 7.06. The molecule has 4 nitrogen and oxygen atoms in total. The summed E-state index contributed by atoms with van der Waals surface area (Å²) in [4.78, 5) is 24.4. The number of halogens is 1. The summed E-state index contributed by atoms with van der Waals surface area (Å²) in [5.41, 5.74) is 0. The Hall–Kier alpha value is -0.580. The van der Waals surface area contributed by atoms with E-state index < -0.39 is 0 Å². The Bertz CT molecular complexity index is 251. The molecule has 1 saturated carbocycles. The lowest BCUT2D eigenvalue weighted by atomic mass is 10.3. The molecule has 1 fully saturated rings. The van der Waals surface area contributed by atoms with Crippen molar-refractivity contribution in [3.8, 4) is 0 Å². The number of hydrogen-bond donors (Lipinski definition) is 0. The zero-order valence-corrected chi connectivity index (χ0v) is 10.6. The second kappa shape index (κ2) is 5.49. The highest BCUT2D eigenvalue weighted by molar-refractivity contribution is 9.10. The zero-order valence-electron chi connectivity index (χ0n) is 9.03. The van der Waals surface area contributed by atoms with Crippen LogP contribution in [0.2, 0.25) is 0 Å². The van der Waals surface area contributed by atoms with Crippen LogP contribution in [-0.4, -0.2) is 40.8 Å². The van der Waals surface area contributed by atoms with E-state index in [2.05, 4.69) is 15.9 Å². The highest BCUT2D eigenvalue weighted by Crippen LogP contribution is 2.28. The molecule has 1 amide bonds. The summed E-state index contributed by atoms with van der Waals surface area (Å²) < 4.78 is 4.83. The average Bonchev–Trinajstić information content (AvgIpc) is 2.96. The molecule has 0 aromatic heterocycles. The highest BCUT2D eigenvalue weighted by atomic mass is 79.9. The lowest BCUT2D eigenvalue weighted by Crippen LogP contribution is -2.41. The molecule has 0 aliphatic heterocycles. The molecular weight excluding hydrogens is 262 g/mol. The predicted octanol–water partition coefficient (Wildman–Crippen LogP) is 1.32. The standard InChI is InChI=1S/C10H16BrNO3/c1-3-15-9(13)6-12(8-4-5-8)10(14)7(2)11/h7-8H,3-6H2,1-2H3. The molecule has 0 spiro atoms. The van der Waals surface area contributed by atoms with E-state index in [1.807, 2.05) is 0 Å². The van der Waals surface area contributed by atoms with Gasteiger partial charge in [-0.15, -0.1) is 0 Å². The third-order valence-electron chi connectivity index (χ3n) is 2.22. The fourth-order valence-electron chi connectivity index (χ4n) is 1.35. The van der Waals surface area contributed by atoms with E-state index in [0.717, 1.165) is 12.8 Å². The Kier molecular flexibility index (Phi) is 4.57. The van der Waals surface area contributed by atoms with Crippen LogP contribution in [0.25, 0.3) is 0 Å². The monoisotopic (exact) mass is 277 g/mol. The van der Waals surface area contributed by atoms with Gasteiger partial charge in [-0.05, 0) is 26.7 Å². The van der Waals surface area contributed by atoms with Crippen LogP contribution >= 0.6 is 15.9 Å². The first kappa shape index (κ1) is 12.5. The largest absolute Gasteiger partial charge is 0.465 e. The maximum absolute atomic E-state index is 11.7. The quantitative estimate of drug-likeness (QED) is 0.563. The number of rotatable bonds is 5. The average molecular weight is 278 g/mol. The summed E-state index contributed by atoms with van der Waals surface area (Å²) in [5.74, 6) is -0.364. The minimum atomic E-state index is -0.328. The van der Waals surface area contributed by atoms with E-state index >= 15 is 0 Å². The van der Waals surface area contributed by atoms with Gasteiger partial charge >= 0.3 is 5.97 Å². The number of amides is 1. The Labute approximate surface area is 98.1 Å². The van der Waals surface area contributed by atoms with Crippen LogP contribution in [0.3, 0.4) is 0 Å². The normalized spacial score (nSPS) is 17.0. The Morgan fingerprint density at radius 3 is 2.53 bits per heavy atom. The second-order valence-electron chi connectivity index (χ2n) is 3.62. The minimum absolute atomic E-state index is 0.0365. The summed E-state index contributed by atoms with van der Waals surface area (Å²) >= 11 is 3.22. The molecule has 0 saturated heterocycles. The van der Waals surface area contributed by atoms with Gasteiger partial charge in [-0.3, -0.25) is 9.59 Å². The molecule has 15 heavy (non-hydrogen) atoms. The molecular formula is C10H16BrNO3. The van der Waals surface area contributed by atoms with Crippen molar-refractivity contribution >= 4 is 27.8 Å². The molecule has 0 heterocycles. The van der Waals surface area contributed by atoms with Crippen LogP contribution < -0.4 is 0 Å². The van der Waals surface area contributed by atoms with Crippen molar-refractivity contribution in [2.24, 2.45) is 0 Å². The van der Waals surface area contributed by atoms with Gasteiger partial charge in [-0.1, -0.05) is 15.9 Å². The molecule has 0 bridgehead atoms. The van der Waals surface area contributed by atoms with Crippen molar-refractivity contribution < 1.29 is 14.3 Å². The van der Waals surface area contributed by atoms with Gasteiger partial charge in [0.15, 0.2) is 0 Å². The van der Waals surface area contributed by atoms with Crippen LogP contribution in [-0.2, 0) is 14.3 Å². The first-order valence-electron chi connectivity index (χ1n) is 5.16. The molecule has 0 radical (unpaired) electrons. The van der Waals surface area contributed by atoms with Crippen LogP contribution in [0.15, 0.2) is 0 Å². The van der Waals surface area contributed by atoms with Crippen molar-refractivity contribution in [1.29, 1.82) is 0 Å². The molecule has 5 heteroatoms. The molecule has 0 aromatic carbocycles. The van der Waals surface area contributed by atoms with Gasteiger partial charge in [0.25, 0.3) is 0 Å². The third kappa shape index (κ3) is 3.81. The van der Waals surface area contributed by atoms with Crippen molar-refractivity contribution in [2.45, 2.75) is 37.6 Å². The van der Waals surface area contributed by atoms with Gasteiger partial charge in [0.05, 0.1) is 11.4 Å². The smallest absolute Gasteiger partial charge is 0.325 e. The molecule has 1 aliphatic carbocycles. The molecule has 0 N–H and O–H groups in total. The summed E-state index contributed by atoms with van der Waals surface area (Å²) in [6, 6.07) is 0.238. The number of esters is 1. The van der Waals surface area contributed by atoms with Crippen LogP contribution in [0, 0.1) is 0 Å². The number of carbonyl (C=O) groups excluding carboxylic acids is 2.